The molecule has 136 valence electrons. The van der Waals surface area contributed by atoms with Crippen LogP contribution in [0.1, 0.15) is 50.5 Å². The van der Waals surface area contributed by atoms with E-state index in [1.54, 1.807) is 18.2 Å². The van der Waals surface area contributed by atoms with E-state index in [-0.39, 0.29) is 18.5 Å². The van der Waals surface area contributed by atoms with Crippen LogP contribution in [0.2, 0.25) is 0 Å². The van der Waals surface area contributed by atoms with E-state index >= 15 is 0 Å². The fraction of sp³-hybridized carbons (Fsp3) is 0.632. The van der Waals surface area contributed by atoms with Crippen LogP contribution in [0.15, 0.2) is 18.2 Å². The number of carbonyl (C=O) groups excluding carboxylic acids is 1. The van der Waals surface area contributed by atoms with E-state index in [4.69, 9.17) is 9.47 Å². The maximum absolute atomic E-state index is 11.6. The fourth-order valence-electron chi connectivity index (χ4n) is 2.09. The number of Topliss-reactive ketones (excluding diaryl/α,β-unsaturated/α-hetero) is 1. The first-order chi connectivity index (χ1) is 11.3. The summed E-state index contributed by atoms with van der Waals surface area (Å²) in [5, 5.41) is 13.2. The van der Waals surface area contributed by atoms with Gasteiger partial charge in [-0.15, -0.1) is 0 Å². The van der Waals surface area contributed by atoms with Crippen molar-refractivity contribution in [3.05, 3.63) is 29.3 Å². The molecule has 1 aromatic rings. The average Bonchev–Trinajstić information content (AvgIpc) is 2.50. The summed E-state index contributed by atoms with van der Waals surface area (Å²) in [6.07, 6.45) is -0.500. The van der Waals surface area contributed by atoms with Crippen LogP contribution in [0.3, 0.4) is 0 Å². The van der Waals surface area contributed by atoms with Gasteiger partial charge in [0.15, 0.2) is 5.78 Å². The Morgan fingerprint density at radius 3 is 2.50 bits per heavy atom. The molecule has 1 aromatic carbocycles. The van der Waals surface area contributed by atoms with Gasteiger partial charge < -0.3 is 19.9 Å². The van der Waals surface area contributed by atoms with Crippen LogP contribution in [0, 0.1) is 5.92 Å². The first-order valence-corrected chi connectivity index (χ1v) is 8.56. The Balaban J connectivity index is 2.66. The highest BCUT2D eigenvalue weighted by Crippen LogP contribution is 2.22. The predicted octanol–water partition coefficient (Wildman–Crippen LogP) is 2.80. The summed E-state index contributed by atoms with van der Waals surface area (Å²) in [5.74, 6) is 1.19. The van der Waals surface area contributed by atoms with Crippen molar-refractivity contribution >= 4 is 5.78 Å². The fourth-order valence-corrected chi connectivity index (χ4v) is 2.09. The lowest BCUT2D eigenvalue weighted by Gasteiger charge is -2.17. The van der Waals surface area contributed by atoms with Crippen LogP contribution < -0.4 is 10.1 Å². The second kappa shape index (κ2) is 10.4. The maximum atomic E-state index is 11.6. The van der Waals surface area contributed by atoms with Gasteiger partial charge in [-0.1, -0.05) is 13.8 Å². The lowest BCUT2D eigenvalue weighted by molar-refractivity contribution is 0.0617. The van der Waals surface area contributed by atoms with Gasteiger partial charge in [0.05, 0.1) is 12.7 Å². The van der Waals surface area contributed by atoms with Crippen molar-refractivity contribution in [2.24, 2.45) is 5.92 Å². The second-order valence-electron chi connectivity index (χ2n) is 6.76. The van der Waals surface area contributed by atoms with Gasteiger partial charge in [-0.3, -0.25) is 4.79 Å². The summed E-state index contributed by atoms with van der Waals surface area (Å²) < 4.78 is 11.4. The third-order valence-electron chi connectivity index (χ3n) is 3.40. The van der Waals surface area contributed by atoms with Crippen molar-refractivity contribution in [2.45, 2.75) is 53.4 Å². The molecule has 24 heavy (non-hydrogen) atoms. The molecule has 0 bridgehead atoms. The van der Waals surface area contributed by atoms with Gasteiger partial charge in [-0.2, -0.15) is 0 Å². The first-order valence-electron chi connectivity index (χ1n) is 8.56. The molecule has 0 aliphatic carbocycles. The van der Waals surface area contributed by atoms with E-state index in [0.717, 1.165) is 12.1 Å². The van der Waals surface area contributed by atoms with Crippen molar-refractivity contribution in [3.63, 3.8) is 0 Å². The van der Waals surface area contributed by atoms with Crippen molar-refractivity contribution < 1.29 is 19.4 Å². The molecular weight excluding hydrogens is 306 g/mol. The van der Waals surface area contributed by atoms with Crippen LogP contribution in [0.25, 0.3) is 0 Å². The summed E-state index contributed by atoms with van der Waals surface area (Å²) in [4.78, 5) is 11.6. The molecule has 0 saturated heterocycles. The van der Waals surface area contributed by atoms with E-state index in [2.05, 4.69) is 19.2 Å². The lowest BCUT2D eigenvalue weighted by atomic mass is 10.1. The average molecular weight is 337 g/mol. The quantitative estimate of drug-likeness (QED) is 0.608. The van der Waals surface area contributed by atoms with Gasteiger partial charge in [0, 0.05) is 17.7 Å². The van der Waals surface area contributed by atoms with Gasteiger partial charge in [0.25, 0.3) is 0 Å². The number of aliphatic hydroxyl groups excluding tert-OH is 1. The van der Waals surface area contributed by atoms with Crippen molar-refractivity contribution in [1.29, 1.82) is 0 Å². The zero-order chi connectivity index (χ0) is 18.1. The Hall–Kier alpha value is -1.43. The highest BCUT2D eigenvalue weighted by molar-refractivity contribution is 5.94. The number of hydrogen-bond acceptors (Lipinski definition) is 5. The number of aliphatic hydroxyl groups is 1. The topological polar surface area (TPSA) is 67.8 Å². The molecule has 0 saturated carbocycles. The molecule has 0 spiro atoms. The van der Waals surface area contributed by atoms with Crippen LogP contribution in [0.5, 0.6) is 5.75 Å². The highest BCUT2D eigenvalue weighted by atomic mass is 16.5. The largest absolute Gasteiger partial charge is 0.490 e. The minimum absolute atomic E-state index is 0.00488. The van der Waals surface area contributed by atoms with Crippen LogP contribution in [-0.2, 0) is 11.3 Å². The van der Waals surface area contributed by atoms with Gasteiger partial charge in [-0.05, 0) is 51.4 Å². The molecule has 0 aromatic heterocycles. The van der Waals surface area contributed by atoms with Crippen molar-refractivity contribution in [3.8, 4) is 5.75 Å². The molecule has 5 nitrogen and oxygen atoms in total. The smallest absolute Gasteiger partial charge is 0.159 e. The molecular formula is C19H31NO4. The molecule has 0 aliphatic heterocycles. The molecule has 0 fully saturated rings. The van der Waals surface area contributed by atoms with E-state index in [1.165, 1.54) is 6.92 Å². The SMILES string of the molecule is CC(=O)c1ccc(OCC(O)CNCC(C)C)c(COC(C)C)c1. The third-order valence-corrected chi connectivity index (χ3v) is 3.40. The Morgan fingerprint density at radius 1 is 1.21 bits per heavy atom. The Labute approximate surface area is 145 Å². The second-order valence-corrected chi connectivity index (χ2v) is 6.76. The van der Waals surface area contributed by atoms with Crippen LogP contribution >= 0.6 is 0 Å². The zero-order valence-electron chi connectivity index (χ0n) is 15.5. The molecule has 0 aliphatic rings. The molecule has 0 amide bonds. The number of carbonyl (C=O) groups is 1. The predicted molar refractivity (Wildman–Crippen MR) is 95.6 cm³/mol. The number of ether oxygens (including phenoxy) is 2. The number of nitrogens with one attached hydrogen (secondary N) is 1. The van der Waals surface area contributed by atoms with Gasteiger partial charge in [0.1, 0.15) is 18.5 Å². The van der Waals surface area contributed by atoms with Gasteiger partial charge in [-0.25, -0.2) is 0 Å². The minimum atomic E-state index is -0.588. The number of benzene rings is 1. The standard InChI is InChI=1S/C19H31NO4/c1-13(2)9-20-10-18(22)12-24-19-7-6-16(15(5)21)8-17(19)11-23-14(3)4/h6-8,13-14,18,20,22H,9-12H2,1-5H3. The summed E-state index contributed by atoms with van der Waals surface area (Å²) in [5.41, 5.74) is 1.45. The molecule has 1 atom stereocenters. The van der Waals surface area contributed by atoms with Crippen LogP contribution in [0.4, 0.5) is 0 Å². The molecule has 1 rings (SSSR count). The Bertz CT molecular complexity index is 514. The summed E-state index contributed by atoms with van der Waals surface area (Å²) >= 11 is 0. The van der Waals surface area contributed by atoms with Crippen molar-refractivity contribution in [2.75, 3.05) is 19.7 Å². The molecule has 1 unspecified atom stereocenters. The molecule has 0 heterocycles. The maximum Gasteiger partial charge on any atom is 0.159 e. The number of rotatable bonds is 11. The molecule has 5 heteroatoms. The zero-order valence-corrected chi connectivity index (χ0v) is 15.5. The highest BCUT2D eigenvalue weighted by Gasteiger charge is 2.11. The monoisotopic (exact) mass is 337 g/mol. The third kappa shape index (κ3) is 7.90. The Kier molecular flexibility index (Phi) is 8.97. The summed E-state index contributed by atoms with van der Waals surface area (Å²) in [6, 6.07) is 5.30. The molecule has 0 radical (unpaired) electrons. The minimum Gasteiger partial charge on any atom is -0.490 e. The summed E-state index contributed by atoms with van der Waals surface area (Å²) in [7, 11) is 0. The summed E-state index contributed by atoms with van der Waals surface area (Å²) in [6.45, 7) is 11.6. The number of hydrogen-bond donors (Lipinski definition) is 2. The first kappa shape index (κ1) is 20.6. The van der Waals surface area contributed by atoms with Gasteiger partial charge >= 0.3 is 0 Å². The van der Waals surface area contributed by atoms with E-state index in [1.807, 2.05) is 13.8 Å². The van der Waals surface area contributed by atoms with Crippen molar-refractivity contribution in [1.82, 2.24) is 5.32 Å². The van der Waals surface area contributed by atoms with Crippen LogP contribution in [-0.4, -0.2) is 42.8 Å². The van der Waals surface area contributed by atoms with E-state index in [0.29, 0.717) is 30.4 Å². The normalized spacial score (nSPS) is 12.7. The van der Waals surface area contributed by atoms with E-state index < -0.39 is 6.10 Å². The van der Waals surface area contributed by atoms with Gasteiger partial charge in [0.2, 0.25) is 0 Å². The van der Waals surface area contributed by atoms with E-state index in [9.17, 15) is 9.90 Å². The Morgan fingerprint density at radius 2 is 1.92 bits per heavy atom. The number of ketones is 1. The lowest BCUT2D eigenvalue weighted by Crippen LogP contribution is -2.33. The molecule has 2 N–H and O–H groups in total.